The van der Waals surface area contributed by atoms with Gasteiger partial charge in [-0.25, -0.2) is 0 Å². The Morgan fingerprint density at radius 3 is 2.59 bits per heavy atom. The monoisotopic (exact) mass is 468 g/mol. The molecule has 0 atom stereocenters. The summed E-state index contributed by atoms with van der Waals surface area (Å²) in [4.78, 5) is 4.45. The fraction of sp³-hybridized carbons (Fsp3) is 0.143. The number of thioether (sulfide) groups is 1. The van der Waals surface area contributed by atoms with Crippen molar-refractivity contribution < 1.29 is 9.26 Å². The van der Waals surface area contributed by atoms with Crippen LogP contribution in [0.1, 0.15) is 12.8 Å². The number of rotatable bonds is 7. The number of aromatic nitrogens is 4. The van der Waals surface area contributed by atoms with Gasteiger partial charge < -0.3 is 9.26 Å². The van der Waals surface area contributed by atoms with Crippen LogP contribution in [0.25, 0.3) is 22.6 Å². The number of halogens is 1. The predicted molar refractivity (Wildman–Crippen MR) is 116 cm³/mol. The van der Waals surface area contributed by atoms with E-state index in [1.807, 2.05) is 67.6 Å². The van der Waals surface area contributed by atoms with Crippen LogP contribution in [0.2, 0.25) is 0 Å². The largest absolute Gasteiger partial charge is 0.494 e. The fourth-order valence-electron chi connectivity index (χ4n) is 2.63. The van der Waals surface area contributed by atoms with Gasteiger partial charge in [-0.2, -0.15) is 4.98 Å². The van der Waals surface area contributed by atoms with Crippen molar-refractivity contribution in [3.63, 3.8) is 0 Å². The quantitative estimate of drug-likeness (QED) is 0.324. The molecule has 0 spiro atoms. The van der Waals surface area contributed by atoms with Crippen LogP contribution in [-0.2, 0) is 5.75 Å². The van der Waals surface area contributed by atoms with E-state index in [4.69, 9.17) is 9.26 Å². The minimum Gasteiger partial charge on any atom is -0.494 e. The van der Waals surface area contributed by atoms with Gasteiger partial charge in [0.25, 0.3) is 0 Å². The van der Waals surface area contributed by atoms with Crippen molar-refractivity contribution in [1.29, 1.82) is 0 Å². The highest BCUT2D eigenvalue weighted by molar-refractivity contribution is 9.10. The number of hydrogen-bond donors (Lipinski definition) is 0. The fourth-order valence-corrected chi connectivity index (χ4v) is 3.68. The molecule has 0 saturated heterocycles. The summed E-state index contributed by atoms with van der Waals surface area (Å²) in [7, 11) is 0. The molecule has 0 amide bonds. The summed E-state index contributed by atoms with van der Waals surface area (Å²) in [5.74, 6) is 2.48. The third-order valence-electron chi connectivity index (χ3n) is 4.00. The standard InChI is InChI=1S/C21H17BrN4O2S/c1-2-27-17-8-6-14(7-9-17)18-10-11-20(25-24-18)29-13-19-23-21(26-28-19)15-4-3-5-16(22)12-15/h3-12H,2,13H2,1H3. The van der Waals surface area contributed by atoms with Crippen LogP contribution in [0, 0.1) is 0 Å². The first-order chi connectivity index (χ1) is 14.2. The Bertz CT molecular complexity index is 1080. The van der Waals surface area contributed by atoms with Crippen LogP contribution >= 0.6 is 27.7 Å². The van der Waals surface area contributed by atoms with Gasteiger partial charge in [0.1, 0.15) is 10.8 Å². The summed E-state index contributed by atoms with van der Waals surface area (Å²) < 4.78 is 11.8. The van der Waals surface area contributed by atoms with Crippen molar-refractivity contribution >= 4 is 27.7 Å². The molecule has 0 bridgehead atoms. The van der Waals surface area contributed by atoms with Gasteiger partial charge in [0.05, 0.1) is 18.1 Å². The zero-order chi connectivity index (χ0) is 20.1. The molecule has 4 aromatic rings. The van der Waals surface area contributed by atoms with Crippen molar-refractivity contribution in [2.45, 2.75) is 17.7 Å². The molecule has 0 fully saturated rings. The molecule has 2 heterocycles. The molecule has 146 valence electrons. The number of benzene rings is 2. The maximum atomic E-state index is 5.46. The van der Waals surface area contributed by atoms with Crippen LogP contribution in [-0.4, -0.2) is 26.9 Å². The normalized spacial score (nSPS) is 10.8. The lowest BCUT2D eigenvalue weighted by Crippen LogP contribution is -1.92. The Balaban J connectivity index is 1.38. The second-order valence-corrected chi connectivity index (χ2v) is 7.94. The average molecular weight is 469 g/mol. The Labute approximate surface area is 180 Å². The molecule has 8 heteroatoms. The minimum absolute atomic E-state index is 0.526. The van der Waals surface area contributed by atoms with Gasteiger partial charge in [0, 0.05) is 15.6 Å². The van der Waals surface area contributed by atoms with Crippen molar-refractivity contribution in [3.05, 3.63) is 71.0 Å². The summed E-state index contributed by atoms with van der Waals surface area (Å²) in [5, 5.41) is 13.4. The summed E-state index contributed by atoms with van der Waals surface area (Å²) in [5.41, 5.74) is 2.71. The van der Waals surface area contributed by atoms with Crippen LogP contribution in [0.15, 0.2) is 74.7 Å². The zero-order valence-electron chi connectivity index (χ0n) is 15.6. The Morgan fingerprint density at radius 1 is 1.00 bits per heavy atom. The Morgan fingerprint density at radius 2 is 1.86 bits per heavy atom. The first kappa shape index (κ1) is 19.6. The van der Waals surface area contributed by atoms with Crippen LogP contribution in [0.4, 0.5) is 0 Å². The molecule has 4 rings (SSSR count). The SMILES string of the molecule is CCOc1ccc(-c2ccc(SCc3nc(-c4cccc(Br)c4)no3)nn2)cc1. The van der Waals surface area contributed by atoms with Gasteiger partial charge >= 0.3 is 0 Å². The van der Waals surface area contributed by atoms with Gasteiger partial charge in [-0.1, -0.05) is 45.0 Å². The molecule has 0 saturated carbocycles. The summed E-state index contributed by atoms with van der Waals surface area (Å²) in [6, 6.07) is 19.5. The highest BCUT2D eigenvalue weighted by Gasteiger charge is 2.10. The second kappa shape index (κ2) is 9.19. The summed E-state index contributed by atoms with van der Waals surface area (Å²) in [6.07, 6.45) is 0. The van der Waals surface area contributed by atoms with Gasteiger partial charge in [-0.3, -0.25) is 0 Å². The second-order valence-electron chi connectivity index (χ2n) is 6.02. The average Bonchev–Trinajstić information content (AvgIpc) is 3.23. The van der Waals surface area contributed by atoms with E-state index in [1.54, 1.807) is 0 Å². The zero-order valence-corrected chi connectivity index (χ0v) is 18.0. The topological polar surface area (TPSA) is 73.9 Å². The predicted octanol–water partition coefficient (Wildman–Crippen LogP) is 5.65. The van der Waals surface area contributed by atoms with Gasteiger partial charge in [-0.15, -0.1) is 10.2 Å². The molecule has 0 aliphatic heterocycles. The van der Waals surface area contributed by atoms with Crippen LogP contribution in [0.5, 0.6) is 5.75 Å². The third-order valence-corrected chi connectivity index (χ3v) is 5.39. The van der Waals surface area contributed by atoms with E-state index in [9.17, 15) is 0 Å². The van der Waals surface area contributed by atoms with Gasteiger partial charge in [-0.05, 0) is 55.5 Å². The van der Waals surface area contributed by atoms with Crippen molar-refractivity contribution in [2.75, 3.05) is 6.61 Å². The minimum atomic E-state index is 0.526. The molecule has 29 heavy (non-hydrogen) atoms. The van der Waals surface area contributed by atoms with E-state index in [-0.39, 0.29) is 0 Å². The number of nitrogens with zero attached hydrogens (tertiary/aromatic N) is 4. The number of ether oxygens (including phenoxy) is 1. The molecule has 0 aliphatic carbocycles. The third kappa shape index (κ3) is 5.02. The van der Waals surface area contributed by atoms with E-state index in [0.717, 1.165) is 32.1 Å². The van der Waals surface area contributed by atoms with E-state index in [2.05, 4.69) is 36.3 Å². The molecule has 0 N–H and O–H groups in total. The molecular formula is C21H17BrN4O2S. The molecule has 0 aliphatic rings. The molecule has 2 aromatic heterocycles. The van der Waals surface area contributed by atoms with Crippen molar-refractivity contribution in [3.8, 4) is 28.4 Å². The summed E-state index contributed by atoms with van der Waals surface area (Å²) >= 11 is 4.95. The summed E-state index contributed by atoms with van der Waals surface area (Å²) in [6.45, 7) is 2.61. The van der Waals surface area contributed by atoms with Crippen molar-refractivity contribution in [2.24, 2.45) is 0 Å². The maximum Gasteiger partial charge on any atom is 0.237 e. The Hall–Kier alpha value is -2.71. The Kier molecular flexibility index (Phi) is 6.21. The van der Waals surface area contributed by atoms with E-state index in [1.165, 1.54) is 11.8 Å². The molecule has 6 nitrogen and oxygen atoms in total. The van der Waals surface area contributed by atoms with E-state index < -0.39 is 0 Å². The number of hydrogen-bond acceptors (Lipinski definition) is 7. The lowest BCUT2D eigenvalue weighted by atomic mass is 10.1. The van der Waals surface area contributed by atoms with Gasteiger partial charge in [0.15, 0.2) is 0 Å². The van der Waals surface area contributed by atoms with E-state index in [0.29, 0.717) is 24.1 Å². The maximum absolute atomic E-state index is 5.46. The van der Waals surface area contributed by atoms with E-state index >= 15 is 0 Å². The van der Waals surface area contributed by atoms with Gasteiger partial charge in [0.2, 0.25) is 11.7 Å². The highest BCUT2D eigenvalue weighted by atomic mass is 79.9. The molecular weight excluding hydrogens is 452 g/mol. The first-order valence-electron chi connectivity index (χ1n) is 8.99. The smallest absolute Gasteiger partial charge is 0.237 e. The molecule has 2 aromatic carbocycles. The first-order valence-corrected chi connectivity index (χ1v) is 10.8. The lowest BCUT2D eigenvalue weighted by molar-refractivity contribution is 0.340. The van der Waals surface area contributed by atoms with Crippen LogP contribution in [0.3, 0.4) is 0 Å². The molecule has 0 radical (unpaired) electrons. The van der Waals surface area contributed by atoms with Crippen molar-refractivity contribution in [1.82, 2.24) is 20.3 Å². The lowest BCUT2D eigenvalue weighted by Gasteiger charge is -2.04. The molecule has 0 unspecified atom stereocenters. The van der Waals surface area contributed by atoms with Crippen LogP contribution < -0.4 is 4.74 Å². The highest BCUT2D eigenvalue weighted by Crippen LogP contribution is 2.25.